The lowest BCUT2D eigenvalue weighted by Gasteiger charge is -2.08. The number of ether oxygens (including phenoxy) is 6. The average Bonchev–Trinajstić information content (AvgIpc) is 2.66. The molecule has 0 saturated heterocycles. The van der Waals surface area contributed by atoms with Crippen LogP contribution in [0.15, 0.2) is 24.3 Å². The molecule has 0 aliphatic carbocycles. The highest BCUT2D eigenvalue weighted by Crippen LogP contribution is 2.12. The molecule has 1 rings (SSSR count). The van der Waals surface area contributed by atoms with Crippen LogP contribution in [0.4, 0.5) is 5.69 Å². The van der Waals surface area contributed by atoms with E-state index in [0.29, 0.717) is 78.4 Å². The lowest BCUT2D eigenvalue weighted by atomic mass is 10.3. The molecule has 8 nitrogen and oxygen atoms in total. The van der Waals surface area contributed by atoms with Gasteiger partial charge >= 0.3 is 0 Å². The van der Waals surface area contributed by atoms with E-state index in [-0.39, 0.29) is 6.61 Å². The first-order valence-corrected chi connectivity index (χ1v) is 8.81. The van der Waals surface area contributed by atoms with Gasteiger partial charge in [0.1, 0.15) is 12.4 Å². The predicted octanol–water partition coefficient (Wildman–Crippen LogP) is 0.723. The van der Waals surface area contributed by atoms with Crippen LogP contribution in [0, 0.1) is 0 Å². The highest BCUT2D eigenvalue weighted by atomic mass is 16.6. The number of aliphatic hydroxyl groups is 1. The van der Waals surface area contributed by atoms with Crippen LogP contribution in [0.3, 0.4) is 0 Å². The first-order chi connectivity index (χ1) is 12.8. The van der Waals surface area contributed by atoms with E-state index in [1.165, 1.54) is 0 Å². The maximum atomic E-state index is 8.52. The van der Waals surface area contributed by atoms with Gasteiger partial charge in [-0.25, -0.2) is 0 Å². The van der Waals surface area contributed by atoms with Crippen molar-refractivity contribution in [1.82, 2.24) is 0 Å². The lowest BCUT2D eigenvalue weighted by molar-refractivity contribution is -0.0146. The Kier molecular flexibility index (Phi) is 14.8. The van der Waals surface area contributed by atoms with E-state index < -0.39 is 0 Å². The zero-order valence-electron chi connectivity index (χ0n) is 15.3. The molecular formula is C18H31NO7. The molecule has 0 aromatic heterocycles. The highest BCUT2D eigenvalue weighted by molar-refractivity contribution is 5.41. The van der Waals surface area contributed by atoms with Gasteiger partial charge in [0.25, 0.3) is 0 Å². The second-order valence-corrected chi connectivity index (χ2v) is 5.20. The maximum Gasteiger partial charge on any atom is 0.119 e. The maximum absolute atomic E-state index is 8.52. The van der Waals surface area contributed by atoms with Crippen LogP contribution >= 0.6 is 0 Å². The number of benzene rings is 1. The molecule has 0 radical (unpaired) electrons. The second kappa shape index (κ2) is 17.0. The Hall–Kier alpha value is -1.42. The van der Waals surface area contributed by atoms with E-state index in [4.69, 9.17) is 39.3 Å². The molecule has 0 heterocycles. The minimum Gasteiger partial charge on any atom is -0.491 e. The highest BCUT2D eigenvalue weighted by Gasteiger charge is 1.95. The quantitative estimate of drug-likeness (QED) is 0.287. The van der Waals surface area contributed by atoms with Gasteiger partial charge in [0.2, 0.25) is 0 Å². The smallest absolute Gasteiger partial charge is 0.119 e. The third-order valence-electron chi connectivity index (χ3n) is 3.10. The molecule has 0 unspecified atom stereocenters. The fourth-order valence-corrected chi connectivity index (χ4v) is 1.83. The Balaban J connectivity index is 1.72. The molecule has 1 aromatic rings. The van der Waals surface area contributed by atoms with Gasteiger partial charge in [-0.2, -0.15) is 0 Å². The number of nitrogens with two attached hydrogens (primary N) is 1. The van der Waals surface area contributed by atoms with Gasteiger partial charge in [0.05, 0.1) is 72.7 Å². The summed E-state index contributed by atoms with van der Waals surface area (Å²) in [4.78, 5) is 0. The van der Waals surface area contributed by atoms with Gasteiger partial charge in [-0.3, -0.25) is 0 Å². The van der Waals surface area contributed by atoms with Crippen molar-refractivity contribution in [2.45, 2.75) is 0 Å². The summed E-state index contributed by atoms with van der Waals surface area (Å²) < 4.78 is 32.0. The fraction of sp³-hybridized carbons (Fsp3) is 0.667. The minimum atomic E-state index is 0.0333. The number of hydrogen-bond donors (Lipinski definition) is 2. The zero-order chi connectivity index (χ0) is 18.7. The van der Waals surface area contributed by atoms with Crippen molar-refractivity contribution >= 4 is 5.69 Å². The molecule has 0 aliphatic heterocycles. The summed E-state index contributed by atoms with van der Waals surface area (Å²) in [7, 11) is 0. The molecule has 3 N–H and O–H groups in total. The zero-order valence-corrected chi connectivity index (χ0v) is 15.3. The van der Waals surface area contributed by atoms with Gasteiger partial charge in [0, 0.05) is 5.69 Å². The molecule has 0 bridgehead atoms. The molecule has 1 aromatic carbocycles. The van der Waals surface area contributed by atoms with Crippen molar-refractivity contribution < 1.29 is 33.5 Å². The van der Waals surface area contributed by atoms with Crippen molar-refractivity contribution in [1.29, 1.82) is 0 Å². The Morgan fingerprint density at radius 2 is 0.962 bits per heavy atom. The Morgan fingerprint density at radius 1 is 0.577 bits per heavy atom. The van der Waals surface area contributed by atoms with Crippen molar-refractivity contribution in [3.63, 3.8) is 0 Å². The van der Waals surface area contributed by atoms with E-state index >= 15 is 0 Å². The van der Waals surface area contributed by atoms with Crippen LogP contribution in [0.1, 0.15) is 0 Å². The Bertz CT molecular complexity index is 417. The summed E-state index contributed by atoms with van der Waals surface area (Å²) in [5.41, 5.74) is 6.31. The Labute approximate surface area is 155 Å². The standard InChI is InChI=1S/C18H31NO7/c19-17-1-3-18(4-2-17)26-16-15-25-14-13-24-12-11-23-10-9-22-8-7-21-6-5-20/h1-4,20H,5-16,19H2. The SMILES string of the molecule is Nc1ccc(OCCOCCOCCOCCOCCOCCO)cc1. The summed E-state index contributed by atoms with van der Waals surface area (Å²) in [6.07, 6.45) is 0. The number of hydrogen-bond acceptors (Lipinski definition) is 8. The first kappa shape index (κ1) is 22.6. The van der Waals surface area contributed by atoms with Crippen molar-refractivity contribution in [2.75, 3.05) is 85.0 Å². The molecule has 0 fully saturated rings. The van der Waals surface area contributed by atoms with Crippen LogP contribution in [-0.4, -0.2) is 84.4 Å². The summed E-state index contributed by atoms with van der Waals surface area (Å²) in [5.74, 6) is 0.776. The summed E-state index contributed by atoms with van der Waals surface area (Å²) in [6.45, 7) is 5.45. The number of rotatable bonds is 18. The van der Waals surface area contributed by atoms with E-state index in [1.54, 1.807) is 12.1 Å². The van der Waals surface area contributed by atoms with Gasteiger partial charge in [-0.1, -0.05) is 0 Å². The van der Waals surface area contributed by atoms with Crippen molar-refractivity contribution in [3.8, 4) is 5.75 Å². The number of nitrogen functional groups attached to an aromatic ring is 1. The van der Waals surface area contributed by atoms with Gasteiger partial charge in [-0.05, 0) is 24.3 Å². The lowest BCUT2D eigenvalue weighted by Crippen LogP contribution is -2.14. The van der Waals surface area contributed by atoms with E-state index in [0.717, 1.165) is 5.75 Å². The molecule has 0 saturated carbocycles. The third kappa shape index (κ3) is 13.8. The Morgan fingerprint density at radius 3 is 1.38 bits per heavy atom. The summed E-state index contributed by atoms with van der Waals surface area (Å²) in [6, 6.07) is 7.25. The summed E-state index contributed by atoms with van der Waals surface area (Å²) >= 11 is 0. The topological polar surface area (TPSA) is 102 Å². The largest absolute Gasteiger partial charge is 0.491 e. The fourth-order valence-electron chi connectivity index (χ4n) is 1.83. The van der Waals surface area contributed by atoms with Gasteiger partial charge in [-0.15, -0.1) is 0 Å². The molecule has 0 aliphatic rings. The second-order valence-electron chi connectivity index (χ2n) is 5.20. The van der Waals surface area contributed by atoms with Crippen molar-refractivity contribution in [3.05, 3.63) is 24.3 Å². The normalized spacial score (nSPS) is 11.0. The van der Waals surface area contributed by atoms with Gasteiger partial charge < -0.3 is 39.3 Å². The predicted molar refractivity (Wildman–Crippen MR) is 97.5 cm³/mol. The van der Waals surface area contributed by atoms with Gasteiger partial charge in [0.15, 0.2) is 0 Å². The van der Waals surface area contributed by atoms with Crippen LogP contribution in [0.25, 0.3) is 0 Å². The molecule has 8 heteroatoms. The molecule has 150 valence electrons. The van der Waals surface area contributed by atoms with E-state index in [2.05, 4.69) is 0 Å². The summed E-state index contributed by atoms with van der Waals surface area (Å²) in [5, 5.41) is 8.52. The molecular weight excluding hydrogens is 342 g/mol. The first-order valence-electron chi connectivity index (χ1n) is 8.81. The van der Waals surface area contributed by atoms with Crippen LogP contribution in [0.2, 0.25) is 0 Å². The third-order valence-corrected chi connectivity index (χ3v) is 3.10. The number of aliphatic hydroxyl groups excluding tert-OH is 1. The monoisotopic (exact) mass is 373 g/mol. The van der Waals surface area contributed by atoms with Crippen LogP contribution in [-0.2, 0) is 23.7 Å². The molecule has 0 amide bonds. The molecule has 26 heavy (non-hydrogen) atoms. The number of anilines is 1. The molecule has 0 atom stereocenters. The molecule has 0 spiro atoms. The van der Waals surface area contributed by atoms with E-state index in [1.807, 2.05) is 12.1 Å². The van der Waals surface area contributed by atoms with E-state index in [9.17, 15) is 0 Å². The van der Waals surface area contributed by atoms with Crippen LogP contribution < -0.4 is 10.5 Å². The minimum absolute atomic E-state index is 0.0333. The van der Waals surface area contributed by atoms with Crippen LogP contribution in [0.5, 0.6) is 5.75 Å². The average molecular weight is 373 g/mol. The van der Waals surface area contributed by atoms with Crippen molar-refractivity contribution in [2.24, 2.45) is 0 Å².